The summed E-state index contributed by atoms with van der Waals surface area (Å²) in [6, 6.07) is 0.784. The van der Waals surface area contributed by atoms with E-state index < -0.39 is 0 Å². The van der Waals surface area contributed by atoms with Crippen molar-refractivity contribution in [2.75, 3.05) is 6.54 Å². The maximum absolute atomic E-state index is 3.91. The van der Waals surface area contributed by atoms with E-state index in [4.69, 9.17) is 0 Å². The summed E-state index contributed by atoms with van der Waals surface area (Å²) in [5.74, 6) is 3.11. The fraction of sp³-hybridized carbons (Fsp3) is 1.00. The van der Waals surface area contributed by atoms with Gasteiger partial charge in [-0.2, -0.15) is 0 Å². The van der Waals surface area contributed by atoms with Gasteiger partial charge in [-0.05, 0) is 68.2 Å². The molecule has 0 amide bonds. The number of fused-ring (bicyclic) bond motifs is 1. The Hall–Kier alpha value is -0.0400. The average Bonchev–Trinajstić information content (AvgIpc) is 2.46. The number of rotatable bonds is 6. The summed E-state index contributed by atoms with van der Waals surface area (Å²) in [6.07, 6.45) is 14.6. The fourth-order valence-electron chi connectivity index (χ4n) is 4.70. The smallest absolute Gasteiger partial charge is 0.00956 e. The third-order valence-electron chi connectivity index (χ3n) is 6.01. The molecule has 0 heterocycles. The Bertz CT molecular complexity index is 291. The summed E-state index contributed by atoms with van der Waals surface area (Å²) in [4.78, 5) is 0. The highest BCUT2D eigenvalue weighted by molar-refractivity contribution is 4.88. The van der Waals surface area contributed by atoms with Crippen molar-refractivity contribution in [1.29, 1.82) is 0 Å². The largest absolute Gasteiger partial charge is 0.314 e. The van der Waals surface area contributed by atoms with Gasteiger partial charge >= 0.3 is 0 Å². The van der Waals surface area contributed by atoms with E-state index in [0.717, 1.165) is 23.8 Å². The van der Waals surface area contributed by atoms with E-state index >= 15 is 0 Å². The summed E-state index contributed by atoms with van der Waals surface area (Å²) in [7, 11) is 0. The summed E-state index contributed by atoms with van der Waals surface area (Å²) < 4.78 is 0. The molecule has 4 unspecified atom stereocenters. The van der Waals surface area contributed by atoms with Crippen LogP contribution in [0.1, 0.15) is 91.9 Å². The summed E-state index contributed by atoms with van der Waals surface area (Å²) in [5, 5.41) is 3.91. The summed E-state index contributed by atoms with van der Waals surface area (Å²) in [6.45, 7) is 10.7. The second-order valence-electron chi connectivity index (χ2n) is 9.04. The predicted molar refractivity (Wildman–Crippen MR) is 93.6 cm³/mol. The third kappa shape index (κ3) is 5.58. The minimum atomic E-state index is 0.480. The van der Waals surface area contributed by atoms with Gasteiger partial charge in [-0.15, -0.1) is 0 Å². The molecule has 0 saturated heterocycles. The van der Waals surface area contributed by atoms with Crippen molar-refractivity contribution in [3.8, 4) is 0 Å². The molecule has 21 heavy (non-hydrogen) atoms. The zero-order chi connectivity index (χ0) is 15.3. The third-order valence-corrected chi connectivity index (χ3v) is 6.01. The van der Waals surface area contributed by atoms with Gasteiger partial charge in [0.2, 0.25) is 0 Å². The molecule has 2 aliphatic rings. The van der Waals surface area contributed by atoms with Gasteiger partial charge in [0.1, 0.15) is 0 Å². The van der Waals surface area contributed by atoms with E-state index in [0.29, 0.717) is 5.41 Å². The molecule has 0 spiro atoms. The van der Waals surface area contributed by atoms with Crippen LogP contribution in [0.5, 0.6) is 0 Å². The standard InChI is InChI=1S/C20H39N/c1-5-14-21-19(12-13-20(2,3)4)18-11-10-16-8-6-7-9-17(16)15-18/h16-19,21H,5-15H2,1-4H3. The normalized spacial score (nSPS) is 31.7. The minimum absolute atomic E-state index is 0.480. The fourth-order valence-corrected chi connectivity index (χ4v) is 4.70. The number of hydrogen-bond donors (Lipinski definition) is 1. The highest BCUT2D eigenvalue weighted by atomic mass is 14.9. The van der Waals surface area contributed by atoms with Crippen LogP contribution < -0.4 is 5.32 Å². The Kier molecular flexibility index (Phi) is 6.59. The van der Waals surface area contributed by atoms with Gasteiger partial charge in [0.15, 0.2) is 0 Å². The van der Waals surface area contributed by atoms with Crippen molar-refractivity contribution >= 4 is 0 Å². The van der Waals surface area contributed by atoms with Crippen molar-refractivity contribution in [3.05, 3.63) is 0 Å². The molecule has 1 nitrogen and oxygen atoms in total. The van der Waals surface area contributed by atoms with E-state index in [1.165, 1.54) is 70.8 Å². The lowest BCUT2D eigenvalue weighted by Crippen LogP contribution is -2.41. The first-order valence-electron chi connectivity index (χ1n) is 9.73. The maximum Gasteiger partial charge on any atom is 0.00956 e. The van der Waals surface area contributed by atoms with Gasteiger partial charge in [-0.1, -0.05) is 53.4 Å². The summed E-state index contributed by atoms with van der Waals surface area (Å²) >= 11 is 0. The van der Waals surface area contributed by atoms with Crippen LogP contribution in [0, 0.1) is 23.2 Å². The molecule has 0 aromatic rings. The molecule has 1 N–H and O–H groups in total. The molecule has 124 valence electrons. The maximum atomic E-state index is 3.91. The number of hydrogen-bond acceptors (Lipinski definition) is 1. The van der Waals surface area contributed by atoms with Gasteiger partial charge < -0.3 is 5.32 Å². The molecule has 0 aromatic heterocycles. The minimum Gasteiger partial charge on any atom is -0.314 e. The molecular weight excluding hydrogens is 254 g/mol. The van der Waals surface area contributed by atoms with E-state index in [9.17, 15) is 0 Å². The first-order chi connectivity index (χ1) is 9.99. The van der Waals surface area contributed by atoms with E-state index in [1.807, 2.05) is 0 Å². The van der Waals surface area contributed by atoms with E-state index in [2.05, 4.69) is 33.0 Å². The Morgan fingerprint density at radius 1 is 1.00 bits per heavy atom. The van der Waals surface area contributed by atoms with Crippen LogP contribution in [0.2, 0.25) is 0 Å². The molecule has 2 fully saturated rings. The van der Waals surface area contributed by atoms with Crippen LogP contribution >= 0.6 is 0 Å². The van der Waals surface area contributed by atoms with Crippen molar-refractivity contribution in [2.24, 2.45) is 23.2 Å². The Labute approximate surface area is 133 Å². The van der Waals surface area contributed by atoms with Crippen molar-refractivity contribution in [2.45, 2.75) is 97.9 Å². The lowest BCUT2D eigenvalue weighted by Gasteiger charge is -2.42. The highest BCUT2D eigenvalue weighted by Crippen LogP contribution is 2.44. The van der Waals surface area contributed by atoms with E-state index in [1.54, 1.807) is 0 Å². The molecule has 0 bridgehead atoms. The van der Waals surface area contributed by atoms with E-state index in [-0.39, 0.29) is 0 Å². The monoisotopic (exact) mass is 293 g/mol. The zero-order valence-corrected chi connectivity index (χ0v) is 15.1. The average molecular weight is 294 g/mol. The lowest BCUT2D eigenvalue weighted by molar-refractivity contribution is 0.104. The van der Waals surface area contributed by atoms with Gasteiger partial charge in [-0.3, -0.25) is 0 Å². The molecule has 2 rings (SSSR count). The second kappa shape index (κ2) is 7.99. The van der Waals surface area contributed by atoms with Gasteiger partial charge in [0.05, 0.1) is 0 Å². The van der Waals surface area contributed by atoms with Crippen LogP contribution in [0.15, 0.2) is 0 Å². The molecule has 2 aliphatic carbocycles. The first kappa shape index (κ1) is 17.3. The lowest BCUT2D eigenvalue weighted by atomic mass is 9.65. The van der Waals surface area contributed by atoms with Crippen LogP contribution in [0.4, 0.5) is 0 Å². The zero-order valence-electron chi connectivity index (χ0n) is 15.1. The van der Waals surface area contributed by atoms with Crippen LogP contribution in [0.3, 0.4) is 0 Å². The van der Waals surface area contributed by atoms with Crippen LogP contribution in [-0.2, 0) is 0 Å². The Morgan fingerprint density at radius 2 is 1.71 bits per heavy atom. The molecular formula is C20H39N. The molecule has 0 aliphatic heterocycles. The Morgan fingerprint density at radius 3 is 2.38 bits per heavy atom. The number of nitrogens with one attached hydrogen (secondary N) is 1. The second-order valence-corrected chi connectivity index (χ2v) is 9.04. The molecule has 0 aromatic carbocycles. The Balaban J connectivity index is 1.89. The molecule has 2 saturated carbocycles. The van der Waals surface area contributed by atoms with Crippen molar-refractivity contribution < 1.29 is 0 Å². The molecule has 1 heteroatoms. The topological polar surface area (TPSA) is 12.0 Å². The van der Waals surface area contributed by atoms with Crippen LogP contribution in [-0.4, -0.2) is 12.6 Å². The van der Waals surface area contributed by atoms with Crippen molar-refractivity contribution in [3.63, 3.8) is 0 Å². The predicted octanol–water partition coefficient (Wildman–Crippen LogP) is 5.79. The first-order valence-corrected chi connectivity index (χ1v) is 9.73. The highest BCUT2D eigenvalue weighted by Gasteiger charge is 2.35. The van der Waals surface area contributed by atoms with Gasteiger partial charge in [0, 0.05) is 6.04 Å². The molecule has 0 radical (unpaired) electrons. The SMILES string of the molecule is CCCNC(CCC(C)(C)C)C1CCC2CCCCC2C1. The summed E-state index contributed by atoms with van der Waals surface area (Å²) in [5.41, 5.74) is 0.480. The molecule has 4 atom stereocenters. The van der Waals surface area contributed by atoms with Gasteiger partial charge in [-0.25, -0.2) is 0 Å². The van der Waals surface area contributed by atoms with Gasteiger partial charge in [0.25, 0.3) is 0 Å². The quantitative estimate of drug-likeness (QED) is 0.654. The van der Waals surface area contributed by atoms with Crippen molar-refractivity contribution in [1.82, 2.24) is 5.32 Å². The van der Waals surface area contributed by atoms with Crippen LogP contribution in [0.25, 0.3) is 0 Å².